The summed E-state index contributed by atoms with van der Waals surface area (Å²) in [6.45, 7) is 3.05. The number of benzene rings is 2. The second-order valence-corrected chi connectivity index (χ2v) is 7.38. The summed E-state index contributed by atoms with van der Waals surface area (Å²) in [5, 5.41) is 15.0. The summed E-state index contributed by atoms with van der Waals surface area (Å²) >= 11 is 5.97. The summed E-state index contributed by atoms with van der Waals surface area (Å²) < 4.78 is 18.0. The van der Waals surface area contributed by atoms with Crippen molar-refractivity contribution in [1.29, 1.82) is 0 Å². The molecule has 2 aromatic carbocycles. The molecule has 2 aromatic heterocycles. The van der Waals surface area contributed by atoms with E-state index in [1.165, 1.54) is 6.07 Å². The fraction of sp³-hybridized carbons (Fsp3) is 0.227. The molecule has 0 aliphatic rings. The third kappa shape index (κ3) is 4.26. The highest BCUT2D eigenvalue weighted by molar-refractivity contribution is 6.31. The number of aryl methyl sites for hydroxylation is 1. The van der Waals surface area contributed by atoms with Crippen LogP contribution in [0.5, 0.6) is 11.6 Å². The lowest BCUT2D eigenvalue weighted by Crippen LogP contribution is -2.11. The fourth-order valence-electron chi connectivity index (χ4n) is 3.48. The van der Waals surface area contributed by atoms with Gasteiger partial charge >= 0.3 is 5.63 Å². The molecule has 2 heterocycles. The number of hydrogen-bond donors (Lipinski definition) is 1. The minimum Gasteiger partial charge on any atom is -0.493 e. The van der Waals surface area contributed by atoms with Gasteiger partial charge in [-0.15, -0.1) is 4.91 Å². The van der Waals surface area contributed by atoms with Crippen LogP contribution in [0, 0.1) is 11.8 Å². The van der Waals surface area contributed by atoms with Crippen LogP contribution in [0.4, 0.5) is 5.69 Å². The highest BCUT2D eigenvalue weighted by Crippen LogP contribution is 2.39. The van der Waals surface area contributed by atoms with Crippen molar-refractivity contribution in [2.45, 2.75) is 13.5 Å². The number of aromatic nitrogens is 1. The van der Waals surface area contributed by atoms with Gasteiger partial charge in [0.1, 0.15) is 17.9 Å². The number of nitroso groups, excluding NO2 is 1. The van der Waals surface area contributed by atoms with Gasteiger partial charge in [-0.2, -0.15) is 0 Å². The van der Waals surface area contributed by atoms with Gasteiger partial charge < -0.3 is 23.6 Å². The minimum atomic E-state index is -0.401. The van der Waals surface area contributed by atoms with Gasteiger partial charge in [-0.1, -0.05) is 11.6 Å². The number of rotatable bonds is 8. The van der Waals surface area contributed by atoms with Crippen molar-refractivity contribution >= 4 is 39.2 Å². The maximum Gasteiger partial charge on any atom is 0.336 e. The Morgan fingerprint density at radius 3 is 2.74 bits per heavy atom. The van der Waals surface area contributed by atoms with E-state index < -0.39 is 5.63 Å². The minimum absolute atomic E-state index is 0.0426. The molecule has 0 amide bonds. The van der Waals surface area contributed by atoms with Crippen molar-refractivity contribution in [3.63, 3.8) is 0 Å². The van der Waals surface area contributed by atoms with Crippen molar-refractivity contribution in [3.05, 3.63) is 68.4 Å². The lowest BCUT2D eigenvalue weighted by atomic mass is 10.1. The standard InChI is InChI=1S/C22H19ClN2O6/c1-13-10-20(26)31-19-12-15(3-4-16(13)19)30-9-8-29-7-6-25-18-5-2-14(23)11-17(18)21(24-28)22(25)27/h2-5,10-12,27H,6-9H2,1H3. The smallest absolute Gasteiger partial charge is 0.336 e. The molecule has 160 valence electrons. The normalized spacial score (nSPS) is 11.3. The van der Waals surface area contributed by atoms with Crippen LogP contribution in [0.3, 0.4) is 0 Å². The molecule has 0 bridgehead atoms. The third-order valence-corrected chi connectivity index (χ3v) is 5.18. The number of hydrogen-bond acceptors (Lipinski definition) is 7. The summed E-state index contributed by atoms with van der Waals surface area (Å²) in [5.41, 5.74) is 1.51. The molecule has 4 rings (SSSR count). The Balaban J connectivity index is 1.33. The number of ether oxygens (including phenoxy) is 2. The summed E-state index contributed by atoms with van der Waals surface area (Å²) in [6.07, 6.45) is 0. The van der Waals surface area contributed by atoms with Crippen LogP contribution < -0.4 is 10.4 Å². The van der Waals surface area contributed by atoms with Crippen molar-refractivity contribution in [2.75, 3.05) is 19.8 Å². The highest BCUT2D eigenvalue weighted by Gasteiger charge is 2.17. The Kier molecular flexibility index (Phi) is 5.92. The zero-order valence-corrected chi connectivity index (χ0v) is 17.4. The van der Waals surface area contributed by atoms with E-state index in [-0.39, 0.29) is 24.8 Å². The molecule has 9 heteroatoms. The molecule has 0 aliphatic heterocycles. The van der Waals surface area contributed by atoms with E-state index in [1.54, 1.807) is 34.9 Å². The summed E-state index contributed by atoms with van der Waals surface area (Å²) in [5.74, 6) is 0.345. The Labute approximate surface area is 181 Å². The maximum absolute atomic E-state index is 11.5. The summed E-state index contributed by atoms with van der Waals surface area (Å²) in [7, 11) is 0. The molecule has 4 aromatic rings. The third-order valence-electron chi connectivity index (χ3n) is 4.94. The van der Waals surface area contributed by atoms with Crippen LogP contribution in [0.25, 0.3) is 21.9 Å². The van der Waals surface area contributed by atoms with E-state index in [0.29, 0.717) is 40.4 Å². The van der Waals surface area contributed by atoms with Crippen molar-refractivity contribution in [1.82, 2.24) is 4.57 Å². The molecule has 0 radical (unpaired) electrons. The first-order valence-electron chi connectivity index (χ1n) is 9.57. The topological polar surface area (TPSA) is 103 Å². The van der Waals surface area contributed by atoms with Crippen LogP contribution >= 0.6 is 11.6 Å². The first-order valence-corrected chi connectivity index (χ1v) is 9.95. The van der Waals surface area contributed by atoms with Gasteiger partial charge in [-0.25, -0.2) is 4.79 Å². The predicted octanol–water partition coefficient (Wildman–Crippen LogP) is 4.91. The highest BCUT2D eigenvalue weighted by atomic mass is 35.5. The Bertz CT molecular complexity index is 1330. The molecule has 0 aliphatic carbocycles. The Morgan fingerprint density at radius 1 is 1.10 bits per heavy atom. The van der Waals surface area contributed by atoms with Crippen molar-refractivity contribution in [3.8, 4) is 11.6 Å². The van der Waals surface area contributed by atoms with Crippen LogP contribution in [0.1, 0.15) is 5.56 Å². The lowest BCUT2D eigenvalue weighted by Gasteiger charge is -2.10. The van der Waals surface area contributed by atoms with Crippen LogP contribution in [0.2, 0.25) is 5.02 Å². The van der Waals surface area contributed by atoms with E-state index in [4.69, 9.17) is 25.5 Å². The Morgan fingerprint density at radius 2 is 1.94 bits per heavy atom. The number of nitrogens with zero attached hydrogens (tertiary/aromatic N) is 2. The molecular formula is C22H19ClN2O6. The van der Waals surface area contributed by atoms with Gasteiger partial charge in [-0.05, 0) is 48.0 Å². The average Bonchev–Trinajstić information content (AvgIpc) is 3.00. The van der Waals surface area contributed by atoms with Gasteiger partial charge in [0.25, 0.3) is 0 Å². The van der Waals surface area contributed by atoms with Gasteiger partial charge in [0.05, 0.1) is 18.7 Å². The van der Waals surface area contributed by atoms with Gasteiger partial charge in [0, 0.05) is 34.5 Å². The summed E-state index contributed by atoms with van der Waals surface area (Å²) in [4.78, 5) is 22.6. The predicted molar refractivity (Wildman–Crippen MR) is 118 cm³/mol. The largest absolute Gasteiger partial charge is 0.493 e. The fourth-order valence-corrected chi connectivity index (χ4v) is 3.66. The van der Waals surface area contributed by atoms with E-state index in [0.717, 1.165) is 10.9 Å². The zero-order chi connectivity index (χ0) is 22.0. The summed E-state index contributed by atoms with van der Waals surface area (Å²) in [6, 6.07) is 11.8. The molecule has 1 N–H and O–H groups in total. The molecule has 8 nitrogen and oxygen atoms in total. The maximum atomic E-state index is 11.5. The van der Waals surface area contributed by atoms with Gasteiger partial charge in [-0.3, -0.25) is 0 Å². The molecule has 0 atom stereocenters. The Hall–Kier alpha value is -3.36. The van der Waals surface area contributed by atoms with Crippen LogP contribution in [0.15, 0.2) is 56.9 Å². The quantitative estimate of drug-likeness (QED) is 0.236. The second-order valence-electron chi connectivity index (χ2n) is 6.94. The van der Waals surface area contributed by atoms with E-state index >= 15 is 0 Å². The zero-order valence-electron chi connectivity index (χ0n) is 16.6. The average molecular weight is 443 g/mol. The molecule has 0 spiro atoms. The van der Waals surface area contributed by atoms with E-state index in [2.05, 4.69) is 5.18 Å². The molecule has 0 saturated heterocycles. The van der Waals surface area contributed by atoms with Gasteiger partial charge in [0.15, 0.2) is 5.69 Å². The molecule has 0 unspecified atom stereocenters. The molecule has 0 fully saturated rings. The van der Waals surface area contributed by atoms with Crippen molar-refractivity contribution in [2.24, 2.45) is 5.18 Å². The molecular weight excluding hydrogens is 424 g/mol. The van der Waals surface area contributed by atoms with Crippen LogP contribution in [-0.4, -0.2) is 29.5 Å². The monoisotopic (exact) mass is 442 g/mol. The number of halogens is 1. The van der Waals surface area contributed by atoms with E-state index in [9.17, 15) is 14.8 Å². The SMILES string of the molecule is Cc1cc(=O)oc2cc(OCCOCCn3c(O)c(N=O)c4cc(Cl)ccc43)ccc12. The van der Waals surface area contributed by atoms with Crippen LogP contribution in [-0.2, 0) is 11.3 Å². The molecule has 0 saturated carbocycles. The first-order chi connectivity index (χ1) is 15.0. The number of fused-ring (bicyclic) bond motifs is 2. The lowest BCUT2D eigenvalue weighted by molar-refractivity contribution is 0.0939. The first kappa shape index (κ1) is 20.9. The van der Waals surface area contributed by atoms with Crippen molar-refractivity contribution < 1.29 is 19.0 Å². The van der Waals surface area contributed by atoms with E-state index in [1.807, 2.05) is 13.0 Å². The second kappa shape index (κ2) is 8.79. The van der Waals surface area contributed by atoms with Gasteiger partial charge in [0.2, 0.25) is 5.88 Å². The molecule has 31 heavy (non-hydrogen) atoms. The number of aromatic hydroxyl groups is 1.